The lowest BCUT2D eigenvalue weighted by Gasteiger charge is -2.07. The lowest BCUT2D eigenvalue weighted by molar-refractivity contribution is 0.0675. The van der Waals surface area contributed by atoms with Gasteiger partial charge in [-0.1, -0.05) is 0 Å². The Hall–Kier alpha value is -1.40. The third-order valence-corrected chi connectivity index (χ3v) is 2.91. The Labute approximate surface area is 112 Å². The van der Waals surface area contributed by atoms with Crippen molar-refractivity contribution in [1.82, 2.24) is 9.78 Å². The van der Waals surface area contributed by atoms with E-state index in [2.05, 4.69) is 10.4 Å². The lowest BCUT2D eigenvalue weighted by Crippen LogP contribution is -2.23. The second-order valence-corrected chi connectivity index (χ2v) is 4.68. The van der Waals surface area contributed by atoms with Gasteiger partial charge in [-0.3, -0.25) is 4.79 Å². The van der Waals surface area contributed by atoms with Gasteiger partial charge in [-0.15, -0.1) is 0 Å². The summed E-state index contributed by atoms with van der Waals surface area (Å²) in [6.45, 7) is 2.37. The summed E-state index contributed by atoms with van der Waals surface area (Å²) in [7, 11) is 1.64. The number of anilines is 1. The average Bonchev–Trinajstić information content (AvgIpc) is 3.20. The molecule has 1 aliphatic carbocycles. The summed E-state index contributed by atoms with van der Waals surface area (Å²) in [6, 6.07) is 2.14. The molecule has 1 saturated carbocycles. The molecule has 0 spiro atoms. The van der Waals surface area contributed by atoms with E-state index in [1.165, 1.54) is 17.5 Å². The van der Waals surface area contributed by atoms with Crippen LogP contribution in [0.5, 0.6) is 0 Å². The Morgan fingerprint density at radius 1 is 1.42 bits per heavy atom. The maximum atomic E-state index is 11.8. The third kappa shape index (κ3) is 5.00. The van der Waals surface area contributed by atoms with E-state index in [9.17, 15) is 4.79 Å². The topological polar surface area (TPSA) is 65.4 Å². The van der Waals surface area contributed by atoms with Gasteiger partial charge in [0.2, 0.25) is 0 Å². The molecule has 0 aromatic carbocycles. The molecule has 1 heterocycles. The zero-order chi connectivity index (χ0) is 13.5. The molecular formula is C13H21N3O3. The highest BCUT2D eigenvalue weighted by Crippen LogP contribution is 2.23. The molecule has 1 aromatic rings. The van der Waals surface area contributed by atoms with Gasteiger partial charge in [0, 0.05) is 32.4 Å². The number of rotatable bonds is 9. The van der Waals surface area contributed by atoms with Gasteiger partial charge in [-0.25, -0.2) is 4.68 Å². The Morgan fingerprint density at radius 2 is 2.26 bits per heavy atom. The van der Waals surface area contributed by atoms with Crippen molar-refractivity contribution in [3.05, 3.63) is 22.6 Å². The highest BCUT2D eigenvalue weighted by Gasteiger charge is 2.20. The van der Waals surface area contributed by atoms with Crippen LogP contribution in [0.15, 0.2) is 17.1 Å². The van der Waals surface area contributed by atoms with Gasteiger partial charge in [-0.2, -0.15) is 5.10 Å². The maximum Gasteiger partial charge on any atom is 0.268 e. The van der Waals surface area contributed by atoms with E-state index < -0.39 is 0 Å². The van der Waals surface area contributed by atoms with Crippen molar-refractivity contribution < 1.29 is 9.47 Å². The van der Waals surface area contributed by atoms with Crippen molar-refractivity contribution in [2.45, 2.75) is 31.8 Å². The summed E-state index contributed by atoms with van der Waals surface area (Å²) in [5.74, 6) is 0. The summed E-state index contributed by atoms with van der Waals surface area (Å²) in [6.07, 6.45) is 4.85. The van der Waals surface area contributed by atoms with E-state index in [1.807, 2.05) is 0 Å². The van der Waals surface area contributed by atoms with Gasteiger partial charge < -0.3 is 14.8 Å². The molecule has 6 nitrogen and oxygen atoms in total. The number of hydrogen-bond donors (Lipinski definition) is 1. The van der Waals surface area contributed by atoms with Crippen LogP contribution in [0.1, 0.15) is 19.3 Å². The Bertz CT molecular complexity index is 443. The molecule has 1 aromatic heterocycles. The fraction of sp³-hybridized carbons (Fsp3) is 0.692. The molecule has 2 rings (SSSR count). The van der Waals surface area contributed by atoms with E-state index >= 15 is 0 Å². The number of methoxy groups -OCH3 is 1. The van der Waals surface area contributed by atoms with Crippen LogP contribution in [0, 0.1) is 0 Å². The number of aromatic nitrogens is 2. The van der Waals surface area contributed by atoms with E-state index in [-0.39, 0.29) is 5.56 Å². The number of nitrogens with zero attached hydrogens (tertiary/aromatic N) is 2. The molecule has 0 aliphatic heterocycles. The number of hydrogen-bond acceptors (Lipinski definition) is 5. The third-order valence-electron chi connectivity index (χ3n) is 2.91. The summed E-state index contributed by atoms with van der Waals surface area (Å²) in [5, 5.41) is 7.41. The molecule has 0 atom stereocenters. The molecule has 19 heavy (non-hydrogen) atoms. The van der Waals surface area contributed by atoms with Gasteiger partial charge in [-0.05, 0) is 19.3 Å². The zero-order valence-electron chi connectivity index (χ0n) is 11.3. The summed E-state index contributed by atoms with van der Waals surface area (Å²) in [4.78, 5) is 11.8. The average molecular weight is 267 g/mol. The van der Waals surface area contributed by atoms with E-state index in [0.717, 1.165) is 12.1 Å². The second kappa shape index (κ2) is 7.25. The Kier molecular flexibility index (Phi) is 5.35. The van der Waals surface area contributed by atoms with Gasteiger partial charge in [0.15, 0.2) is 0 Å². The fourth-order valence-corrected chi connectivity index (χ4v) is 1.70. The van der Waals surface area contributed by atoms with Crippen molar-refractivity contribution in [2.75, 3.05) is 32.2 Å². The molecule has 0 amide bonds. The minimum atomic E-state index is -0.0671. The summed E-state index contributed by atoms with van der Waals surface area (Å²) < 4.78 is 11.7. The second-order valence-electron chi connectivity index (χ2n) is 4.68. The zero-order valence-corrected chi connectivity index (χ0v) is 11.3. The van der Waals surface area contributed by atoms with E-state index in [4.69, 9.17) is 9.47 Å². The van der Waals surface area contributed by atoms with Crippen molar-refractivity contribution in [2.24, 2.45) is 0 Å². The quantitative estimate of drug-likeness (QED) is 0.673. The van der Waals surface area contributed by atoms with Gasteiger partial charge >= 0.3 is 0 Å². The predicted octanol–water partition coefficient (Wildman–Crippen LogP) is 0.871. The van der Waals surface area contributed by atoms with Gasteiger partial charge in [0.05, 0.1) is 25.1 Å². The minimum absolute atomic E-state index is 0.0671. The lowest BCUT2D eigenvalue weighted by atomic mass is 10.4. The first-order valence-electron chi connectivity index (χ1n) is 6.70. The maximum absolute atomic E-state index is 11.8. The first-order valence-corrected chi connectivity index (χ1v) is 6.70. The first-order chi connectivity index (χ1) is 9.29. The van der Waals surface area contributed by atoms with E-state index in [1.54, 1.807) is 19.4 Å². The molecule has 0 bridgehead atoms. The van der Waals surface area contributed by atoms with Crippen LogP contribution in [0.3, 0.4) is 0 Å². The van der Waals surface area contributed by atoms with Crippen molar-refractivity contribution in [1.29, 1.82) is 0 Å². The standard InChI is InChI=1S/C13H21N3O3/c1-18-7-8-19-6-2-5-16-13(17)9-12(10-14-16)15-11-3-4-11/h9-11,15H,2-8H2,1H3. The van der Waals surface area contributed by atoms with Gasteiger partial charge in [0.1, 0.15) is 0 Å². The number of ether oxygens (including phenoxy) is 2. The fourth-order valence-electron chi connectivity index (χ4n) is 1.70. The minimum Gasteiger partial charge on any atom is -0.382 e. The molecule has 1 N–H and O–H groups in total. The van der Waals surface area contributed by atoms with Crippen LogP contribution in [0.25, 0.3) is 0 Å². The highest BCUT2D eigenvalue weighted by molar-refractivity contribution is 5.41. The predicted molar refractivity (Wildman–Crippen MR) is 72.5 cm³/mol. The summed E-state index contributed by atoms with van der Waals surface area (Å²) >= 11 is 0. The van der Waals surface area contributed by atoms with Gasteiger partial charge in [0.25, 0.3) is 5.56 Å². The molecule has 0 saturated heterocycles. The highest BCUT2D eigenvalue weighted by atomic mass is 16.5. The Balaban J connectivity index is 1.72. The van der Waals surface area contributed by atoms with Crippen molar-refractivity contribution in [3.8, 4) is 0 Å². The molecular weight excluding hydrogens is 246 g/mol. The smallest absolute Gasteiger partial charge is 0.268 e. The normalized spacial score (nSPS) is 14.6. The number of nitrogens with one attached hydrogen (secondary N) is 1. The monoisotopic (exact) mass is 267 g/mol. The molecule has 0 unspecified atom stereocenters. The molecule has 106 valence electrons. The van der Waals surface area contributed by atoms with Crippen molar-refractivity contribution >= 4 is 5.69 Å². The van der Waals surface area contributed by atoms with Crippen LogP contribution in [0.2, 0.25) is 0 Å². The Morgan fingerprint density at radius 3 is 2.95 bits per heavy atom. The SMILES string of the molecule is COCCOCCCn1ncc(NC2CC2)cc1=O. The van der Waals surface area contributed by atoms with E-state index in [0.29, 0.717) is 32.4 Å². The van der Waals surface area contributed by atoms with Crippen LogP contribution in [-0.2, 0) is 16.0 Å². The van der Waals surface area contributed by atoms with Crippen LogP contribution < -0.4 is 10.9 Å². The van der Waals surface area contributed by atoms with Crippen LogP contribution in [0.4, 0.5) is 5.69 Å². The molecule has 6 heteroatoms. The van der Waals surface area contributed by atoms with Crippen molar-refractivity contribution in [3.63, 3.8) is 0 Å². The summed E-state index contributed by atoms with van der Waals surface area (Å²) in [5.41, 5.74) is 0.752. The molecule has 0 radical (unpaired) electrons. The molecule has 1 fully saturated rings. The molecule has 1 aliphatic rings. The number of aryl methyl sites for hydroxylation is 1. The van der Waals surface area contributed by atoms with Crippen LogP contribution in [-0.4, -0.2) is 42.8 Å². The van der Waals surface area contributed by atoms with Crippen LogP contribution >= 0.6 is 0 Å². The largest absolute Gasteiger partial charge is 0.382 e. The first kappa shape index (κ1) is 14.0.